The summed E-state index contributed by atoms with van der Waals surface area (Å²) in [5.74, 6) is -0.941. The second kappa shape index (κ2) is 3.57. The van der Waals surface area contributed by atoms with Gasteiger partial charge in [0.15, 0.2) is 0 Å². The van der Waals surface area contributed by atoms with Crippen LogP contribution < -0.4 is 0 Å². The molecular formula is C11H10N2O2. The first-order valence-electron chi connectivity index (χ1n) is 4.53. The van der Waals surface area contributed by atoms with Gasteiger partial charge in [0.25, 0.3) is 0 Å². The van der Waals surface area contributed by atoms with E-state index in [0.29, 0.717) is 0 Å². The molecule has 0 saturated carbocycles. The zero-order valence-electron chi connectivity index (χ0n) is 8.21. The van der Waals surface area contributed by atoms with E-state index < -0.39 is 5.97 Å². The molecule has 0 atom stereocenters. The minimum Gasteiger partial charge on any atom is -0.477 e. The van der Waals surface area contributed by atoms with Gasteiger partial charge in [-0.1, -0.05) is 0 Å². The van der Waals surface area contributed by atoms with E-state index in [9.17, 15) is 4.79 Å². The fourth-order valence-corrected chi connectivity index (χ4v) is 1.50. The molecule has 0 radical (unpaired) electrons. The highest BCUT2D eigenvalue weighted by Crippen LogP contribution is 2.14. The van der Waals surface area contributed by atoms with Crippen LogP contribution in [0, 0.1) is 6.92 Å². The molecule has 15 heavy (non-hydrogen) atoms. The summed E-state index contributed by atoms with van der Waals surface area (Å²) in [6, 6.07) is 6.90. The normalized spacial score (nSPS) is 10.2. The van der Waals surface area contributed by atoms with E-state index in [4.69, 9.17) is 5.11 Å². The molecule has 0 aliphatic heterocycles. The number of hydrogen-bond acceptors (Lipinski definition) is 2. The summed E-state index contributed by atoms with van der Waals surface area (Å²) in [5, 5.41) is 8.97. The number of carboxylic acids is 1. The molecule has 2 aromatic heterocycles. The third kappa shape index (κ3) is 1.61. The number of aromatic carboxylic acids is 1. The van der Waals surface area contributed by atoms with Crippen LogP contribution in [-0.4, -0.2) is 20.6 Å². The lowest BCUT2D eigenvalue weighted by atomic mass is 10.3. The summed E-state index contributed by atoms with van der Waals surface area (Å²) in [6.45, 7) is 1.85. The van der Waals surface area contributed by atoms with Gasteiger partial charge in [0.05, 0.1) is 11.4 Å². The number of nitrogens with zero attached hydrogens (tertiary/aromatic N) is 2. The van der Waals surface area contributed by atoms with Crippen molar-refractivity contribution in [3.8, 4) is 5.69 Å². The number of rotatable bonds is 2. The van der Waals surface area contributed by atoms with Gasteiger partial charge in [-0.2, -0.15) is 0 Å². The maximum Gasteiger partial charge on any atom is 0.352 e. The topological polar surface area (TPSA) is 55.1 Å². The summed E-state index contributed by atoms with van der Waals surface area (Å²) in [5.41, 5.74) is 1.84. The number of hydrogen-bond donors (Lipinski definition) is 1. The summed E-state index contributed by atoms with van der Waals surface area (Å²) < 4.78 is 1.62. The Kier molecular flexibility index (Phi) is 2.25. The zero-order chi connectivity index (χ0) is 10.8. The molecule has 0 spiro atoms. The van der Waals surface area contributed by atoms with E-state index in [2.05, 4.69) is 4.98 Å². The number of aryl methyl sites for hydroxylation is 1. The highest BCUT2D eigenvalue weighted by Gasteiger charge is 2.11. The molecule has 0 saturated heterocycles. The number of aromatic nitrogens is 2. The first-order chi connectivity index (χ1) is 7.20. The zero-order valence-corrected chi connectivity index (χ0v) is 8.21. The molecular weight excluding hydrogens is 192 g/mol. The standard InChI is InChI=1S/C11H10N2O2/c1-8-9(4-2-6-12-8)13-7-3-5-10(13)11(14)15/h2-7H,1H3,(H,14,15). The van der Waals surface area contributed by atoms with Crippen molar-refractivity contribution in [3.05, 3.63) is 48.0 Å². The van der Waals surface area contributed by atoms with Crippen molar-refractivity contribution < 1.29 is 9.90 Å². The highest BCUT2D eigenvalue weighted by molar-refractivity contribution is 5.86. The van der Waals surface area contributed by atoms with Crippen LogP contribution in [0.2, 0.25) is 0 Å². The van der Waals surface area contributed by atoms with Gasteiger partial charge < -0.3 is 9.67 Å². The van der Waals surface area contributed by atoms with Crippen LogP contribution >= 0.6 is 0 Å². The first kappa shape index (κ1) is 9.45. The monoisotopic (exact) mass is 202 g/mol. The summed E-state index contributed by atoms with van der Waals surface area (Å²) in [7, 11) is 0. The minimum absolute atomic E-state index is 0.242. The third-order valence-electron chi connectivity index (χ3n) is 2.21. The van der Waals surface area contributed by atoms with Gasteiger partial charge in [-0.3, -0.25) is 4.98 Å². The smallest absolute Gasteiger partial charge is 0.352 e. The Morgan fingerprint density at radius 2 is 2.20 bits per heavy atom. The first-order valence-corrected chi connectivity index (χ1v) is 4.53. The van der Waals surface area contributed by atoms with Crippen LogP contribution in [0.25, 0.3) is 5.69 Å². The maximum absolute atomic E-state index is 10.9. The average molecular weight is 202 g/mol. The van der Waals surface area contributed by atoms with Gasteiger partial charge in [-0.25, -0.2) is 4.79 Å². The predicted octanol–water partition coefficient (Wildman–Crippen LogP) is 1.88. The Morgan fingerprint density at radius 1 is 1.40 bits per heavy atom. The van der Waals surface area contributed by atoms with Crippen LogP contribution in [0.4, 0.5) is 0 Å². The average Bonchev–Trinajstić information content (AvgIpc) is 2.67. The molecule has 0 aromatic carbocycles. The fraction of sp³-hybridized carbons (Fsp3) is 0.0909. The summed E-state index contributed by atoms with van der Waals surface area (Å²) in [6.07, 6.45) is 3.40. The Morgan fingerprint density at radius 3 is 2.87 bits per heavy atom. The Labute approximate surface area is 86.8 Å². The van der Waals surface area contributed by atoms with Gasteiger partial charge >= 0.3 is 5.97 Å². The molecule has 4 heteroatoms. The van der Waals surface area contributed by atoms with Gasteiger partial charge in [0, 0.05) is 12.4 Å². The predicted molar refractivity (Wildman–Crippen MR) is 55.3 cm³/mol. The molecule has 2 rings (SSSR count). The van der Waals surface area contributed by atoms with Crippen molar-refractivity contribution in [2.45, 2.75) is 6.92 Å². The van der Waals surface area contributed by atoms with Gasteiger partial charge in [-0.05, 0) is 31.2 Å². The molecule has 4 nitrogen and oxygen atoms in total. The van der Waals surface area contributed by atoms with Crippen molar-refractivity contribution in [1.82, 2.24) is 9.55 Å². The van der Waals surface area contributed by atoms with Gasteiger partial charge in [-0.15, -0.1) is 0 Å². The molecule has 0 aliphatic rings. The molecule has 76 valence electrons. The lowest BCUT2D eigenvalue weighted by Gasteiger charge is -2.08. The molecule has 0 aliphatic carbocycles. The molecule has 1 N–H and O–H groups in total. The minimum atomic E-state index is -0.941. The molecule has 0 bridgehead atoms. The molecule has 0 amide bonds. The molecule has 2 heterocycles. The number of carbonyl (C=O) groups is 1. The second-order valence-electron chi connectivity index (χ2n) is 3.18. The molecule has 0 fully saturated rings. The largest absolute Gasteiger partial charge is 0.477 e. The van der Waals surface area contributed by atoms with Crippen LogP contribution in [0.1, 0.15) is 16.2 Å². The Balaban J connectivity index is 2.59. The van der Waals surface area contributed by atoms with Crippen LogP contribution in [-0.2, 0) is 0 Å². The van der Waals surface area contributed by atoms with Crippen molar-refractivity contribution in [2.75, 3.05) is 0 Å². The van der Waals surface area contributed by atoms with Crippen LogP contribution in [0.15, 0.2) is 36.7 Å². The van der Waals surface area contributed by atoms with Crippen LogP contribution in [0.5, 0.6) is 0 Å². The lowest BCUT2D eigenvalue weighted by Crippen LogP contribution is -2.07. The second-order valence-corrected chi connectivity index (χ2v) is 3.18. The van der Waals surface area contributed by atoms with E-state index in [1.807, 2.05) is 13.0 Å². The van der Waals surface area contributed by atoms with E-state index in [1.54, 1.807) is 35.2 Å². The molecule has 0 unspecified atom stereocenters. The number of pyridine rings is 1. The fourth-order valence-electron chi connectivity index (χ4n) is 1.50. The Hall–Kier alpha value is -2.10. The van der Waals surface area contributed by atoms with Gasteiger partial charge in [0.2, 0.25) is 0 Å². The van der Waals surface area contributed by atoms with Crippen molar-refractivity contribution >= 4 is 5.97 Å². The lowest BCUT2D eigenvalue weighted by molar-refractivity contribution is 0.0688. The summed E-state index contributed by atoms with van der Waals surface area (Å²) in [4.78, 5) is 15.0. The SMILES string of the molecule is Cc1ncccc1-n1cccc1C(=O)O. The quantitative estimate of drug-likeness (QED) is 0.808. The Bertz CT molecular complexity index is 503. The van der Waals surface area contributed by atoms with Crippen molar-refractivity contribution in [2.24, 2.45) is 0 Å². The third-order valence-corrected chi connectivity index (χ3v) is 2.21. The van der Waals surface area contributed by atoms with E-state index in [1.165, 1.54) is 0 Å². The summed E-state index contributed by atoms with van der Waals surface area (Å²) >= 11 is 0. The van der Waals surface area contributed by atoms with Crippen LogP contribution in [0.3, 0.4) is 0 Å². The highest BCUT2D eigenvalue weighted by atomic mass is 16.4. The van der Waals surface area contributed by atoms with E-state index >= 15 is 0 Å². The van der Waals surface area contributed by atoms with E-state index in [-0.39, 0.29) is 5.69 Å². The van der Waals surface area contributed by atoms with Gasteiger partial charge in [0.1, 0.15) is 5.69 Å². The molecule has 2 aromatic rings. The maximum atomic E-state index is 10.9. The van der Waals surface area contributed by atoms with Crippen molar-refractivity contribution in [3.63, 3.8) is 0 Å². The number of carboxylic acid groups (broad SMARTS) is 1. The van der Waals surface area contributed by atoms with Crippen molar-refractivity contribution in [1.29, 1.82) is 0 Å². The van der Waals surface area contributed by atoms with E-state index in [0.717, 1.165) is 11.4 Å².